The van der Waals surface area contributed by atoms with Gasteiger partial charge in [-0.2, -0.15) is 9.97 Å². The number of carbonyl (C=O) groups excluding carboxylic acids is 3. The molecule has 0 radical (unpaired) electrons. The van der Waals surface area contributed by atoms with Crippen molar-refractivity contribution in [1.82, 2.24) is 35.9 Å². The number of rotatable bonds is 13. The minimum Gasteiger partial charge on any atom is -0.480 e. The number of carbonyl (C=O) groups is 4. The summed E-state index contributed by atoms with van der Waals surface area (Å²) in [5.41, 5.74) is 15.7. The highest BCUT2D eigenvalue weighted by Gasteiger charge is 2.68. The van der Waals surface area contributed by atoms with Gasteiger partial charge in [0.15, 0.2) is 22.8 Å². The topological polar surface area (TPSA) is 259 Å². The van der Waals surface area contributed by atoms with E-state index in [1.807, 2.05) is 11.9 Å². The van der Waals surface area contributed by atoms with Gasteiger partial charge >= 0.3 is 12.1 Å². The van der Waals surface area contributed by atoms with Crippen LogP contribution < -0.4 is 32.3 Å². The number of carboxylic acid groups (broad SMARTS) is 1. The van der Waals surface area contributed by atoms with Gasteiger partial charge in [0, 0.05) is 56.6 Å². The lowest BCUT2D eigenvalue weighted by Gasteiger charge is -2.58. The van der Waals surface area contributed by atoms with Crippen LogP contribution in [-0.2, 0) is 30.3 Å². The third-order valence-electron chi connectivity index (χ3n) is 17.0. The van der Waals surface area contributed by atoms with Gasteiger partial charge in [0.25, 0.3) is 5.91 Å². The van der Waals surface area contributed by atoms with Crippen molar-refractivity contribution in [1.29, 1.82) is 0 Å². The third kappa shape index (κ3) is 9.05. The molecular formula is C50H68N10O8. The number of aromatic nitrogens is 4. The molecule has 12 atom stereocenters. The summed E-state index contributed by atoms with van der Waals surface area (Å²) in [4.78, 5) is 69.4. The van der Waals surface area contributed by atoms with E-state index in [9.17, 15) is 24.3 Å². The first-order chi connectivity index (χ1) is 32.5. The number of fused-ring (bicyclic) bond motifs is 8. The Labute approximate surface area is 397 Å². The van der Waals surface area contributed by atoms with Gasteiger partial charge in [0.2, 0.25) is 11.9 Å². The fraction of sp³-hybridized carbons (Fsp3) is 0.640. The number of nitrogens with one attached hydrogen (secondary N) is 3. The molecular weight excluding hydrogens is 869 g/mol. The van der Waals surface area contributed by atoms with Crippen LogP contribution in [0.5, 0.6) is 0 Å². The number of alkyl carbamates (subject to hydrolysis) is 1. The van der Waals surface area contributed by atoms with Crippen molar-refractivity contribution < 1.29 is 38.5 Å². The molecule has 9 rings (SSSR count). The molecule has 3 aromatic rings. The average Bonchev–Trinajstić information content (AvgIpc) is 3.76. The fourth-order valence-corrected chi connectivity index (χ4v) is 13.4. The fourth-order valence-electron chi connectivity index (χ4n) is 13.4. The van der Waals surface area contributed by atoms with Crippen molar-refractivity contribution >= 4 is 52.5 Å². The Hall–Kier alpha value is -5.62. The highest BCUT2D eigenvalue weighted by molar-refractivity contribution is 5.97. The molecule has 1 aromatic carbocycles. The number of allylic oxidation sites excluding steroid dienone is 1. The number of carboxylic acids is 1. The number of hydrogen-bond donors (Lipinski definition) is 6. The first-order valence-corrected chi connectivity index (χ1v) is 24.6. The van der Waals surface area contributed by atoms with E-state index >= 15 is 0 Å². The molecule has 2 aromatic heterocycles. The van der Waals surface area contributed by atoms with Crippen LogP contribution in [0.15, 0.2) is 42.1 Å². The first-order valence-electron chi connectivity index (χ1n) is 24.6. The van der Waals surface area contributed by atoms with Crippen molar-refractivity contribution in [3.05, 3.63) is 53.4 Å². The summed E-state index contributed by atoms with van der Waals surface area (Å²) in [7, 11) is 1.84. The second kappa shape index (κ2) is 18.7. The molecule has 2 saturated heterocycles. The lowest BCUT2D eigenvalue weighted by Crippen LogP contribution is -2.52. The molecule has 6 aliphatic rings. The number of nitrogens with two attached hydrogens (primary N) is 2. The summed E-state index contributed by atoms with van der Waals surface area (Å²) in [6.45, 7) is 11.2. The third-order valence-corrected chi connectivity index (χ3v) is 17.0. The van der Waals surface area contributed by atoms with E-state index in [0.717, 1.165) is 50.8 Å². The zero-order valence-electron chi connectivity index (χ0n) is 40.0. The minimum atomic E-state index is -1.29. The lowest BCUT2D eigenvalue weighted by molar-refractivity contribution is -0.272. The van der Waals surface area contributed by atoms with Crippen molar-refractivity contribution in [2.24, 2.45) is 46.3 Å². The van der Waals surface area contributed by atoms with Crippen LogP contribution in [0.2, 0.25) is 0 Å². The van der Waals surface area contributed by atoms with E-state index in [1.165, 1.54) is 24.8 Å². The Morgan fingerprint density at radius 1 is 0.985 bits per heavy atom. The van der Waals surface area contributed by atoms with E-state index in [0.29, 0.717) is 58.9 Å². The molecule has 1 spiro atoms. The molecule has 3 amide bonds. The summed E-state index contributed by atoms with van der Waals surface area (Å²) >= 11 is 0. The molecule has 0 unspecified atom stereocenters. The lowest BCUT2D eigenvalue weighted by atomic mass is 9.47. The maximum Gasteiger partial charge on any atom is 0.407 e. The summed E-state index contributed by atoms with van der Waals surface area (Å²) in [6, 6.07) is 5.32. The molecule has 0 bridgehead atoms. The van der Waals surface area contributed by atoms with Gasteiger partial charge in [-0.3, -0.25) is 9.59 Å². The maximum absolute atomic E-state index is 13.0. The monoisotopic (exact) mass is 937 g/mol. The van der Waals surface area contributed by atoms with Gasteiger partial charge in [-0.1, -0.05) is 39.3 Å². The zero-order valence-corrected chi connectivity index (χ0v) is 40.0. The zero-order chi connectivity index (χ0) is 48.1. The van der Waals surface area contributed by atoms with Crippen LogP contribution >= 0.6 is 0 Å². The molecule has 5 fully saturated rings. The highest BCUT2D eigenvalue weighted by Crippen LogP contribution is 2.70. The van der Waals surface area contributed by atoms with Crippen molar-refractivity contribution in [3.63, 3.8) is 0 Å². The molecule has 4 aliphatic carbocycles. The quantitative estimate of drug-likeness (QED) is 0.0880. The van der Waals surface area contributed by atoms with Crippen molar-refractivity contribution in [2.45, 2.75) is 129 Å². The van der Waals surface area contributed by atoms with E-state index in [2.05, 4.69) is 69.7 Å². The molecule has 8 N–H and O–H groups in total. The van der Waals surface area contributed by atoms with Crippen LogP contribution in [0.25, 0.3) is 11.2 Å². The second-order valence-corrected chi connectivity index (χ2v) is 21.1. The van der Waals surface area contributed by atoms with Gasteiger partial charge < -0.3 is 51.6 Å². The molecule has 18 heteroatoms. The van der Waals surface area contributed by atoms with E-state index in [1.54, 1.807) is 30.5 Å². The van der Waals surface area contributed by atoms with Gasteiger partial charge in [-0.05, 0) is 116 Å². The van der Waals surface area contributed by atoms with E-state index < -0.39 is 35.7 Å². The maximum atomic E-state index is 13.0. The summed E-state index contributed by atoms with van der Waals surface area (Å²) in [5, 5.41) is 17.8. The summed E-state index contributed by atoms with van der Waals surface area (Å²) in [6.07, 6.45) is 12.7. The summed E-state index contributed by atoms with van der Waals surface area (Å²) in [5.74, 6) is 0.931. The number of hydrogen-bond acceptors (Lipinski definition) is 14. The van der Waals surface area contributed by atoms with E-state index in [-0.39, 0.29) is 66.3 Å². The van der Waals surface area contributed by atoms with Crippen molar-refractivity contribution in [2.75, 3.05) is 43.1 Å². The number of anilines is 3. The smallest absolute Gasteiger partial charge is 0.407 e. The Morgan fingerprint density at radius 2 is 1.76 bits per heavy atom. The number of aliphatic carboxylic acids is 1. The number of benzene rings is 1. The van der Waals surface area contributed by atoms with Crippen LogP contribution in [0.4, 0.5) is 22.2 Å². The highest BCUT2D eigenvalue weighted by atomic mass is 16.7. The number of amides is 3. The average molecular weight is 937 g/mol. The SMILES string of the molecule is C[C@@H]1CC[C@@]2(OC1)O[C@H]1C[C@H]3[C@@H]4CC=C5C[C@@H](OC(=O)NCCNC(=O)CC[C@H](NC(=O)c6ccc(N(C)Cc7cnc8nc(N)nc(N)c8n7)cc6)C(=O)O)CC[C@]5(C)[C@H]4CC[C@]3(C)[C@H]1[C@@H]2C. The Balaban J connectivity index is 0.686. The normalized spacial score (nSPS) is 33.0. The molecule has 2 aliphatic heterocycles. The largest absolute Gasteiger partial charge is 0.480 e. The van der Waals surface area contributed by atoms with E-state index in [4.69, 9.17) is 25.7 Å². The number of ether oxygens (including phenoxy) is 3. The predicted molar refractivity (Wildman–Crippen MR) is 254 cm³/mol. The van der Waals surface area contributed by atoms with Gasteiger partial charge in [-0.15, -0.1) is 0 Å². The van der Waals surface area contributed by atoms with Gasteiger partial charge in [0.05, 0.1) is 31.1 Å². The van der Waals surface area contributed by atoms with Gasteiger partial charge in [0.1, 0.15) is 12.1 Å². The molecule has 366 valence electrons. The molecule has 68 heavy (non-hydrogen) atoms. The summed E-state index contributed by atoms with van der Waals surface area (Å²) < 4.78 is 19.4. The Bertz CT molecular complexity index is 2450. The van der Waals surface area contributed by atoms with Gasteiger partial charge in [-0.25, -0.2) is 19.6 Å². The predicted octanol–water partition coefficient (Wildman–Crippen LogP) is 5.76. The van der Waals surface area contributed by atoms with Crippen molar-refractivity contribution in [3.8, 4) is 0 Å². The molecule has 4 heterocycles. The second-order valence-electron chi connectivity index (χ2n) is 21.1. The van der Waals surface area contributed by atoms with Crippen LogP contribution in [-0.4, -0.2) is 99.7 Å². The minimum absolute atomic E-state index is 0.0113. The van der Waals surface area contributed by atoms with Crippen LogP contribution in [0.1, 0.15) is 114 Å². The first kappa shape index (κ1) is 47.4. The Morgan fingerprint density at radius 3 is 2.51 bits per heavy atom. The number of nitrogen functional groups attached to an aromatic ring is 2. The standard InChI is InChI=1S/C50H68N10O8/c1-27-14-19-50(66-26-27)28(2)40-38(68-50)23-36-34-11-8-30-22-33(15-17-48(30,3)35(34)16-18-49(36,40)4)67-47(65)54-21-20-53-39(61)13-12-37(45(63)64)57-44(62)29-6-9-32(10-7-29)60(5)25-31-24-55-43-41(56-31)42(51)58-46(52)59-43/h6-10,24,27-28,33-38,40H,11-23,25-26H2,1-5H3,(H,53,61)(H,54,65)(H,57,62)(H,63,64)(H4,51,52,55,58,59)/t27-,28+,33+,34-,35+,36+,37+,38+,40+,48+,49+,50-/m1/s1. The van der Waals surface area contributed by atoms with Crippen LogP contribution in [0.3, 0.4) is 0 Å². The molecule has 18 nitrogen and oxygen atoms in total. The number of nitrogens with zero attached hydrogens (tertiary/aromatic N) is 5. The Kier molecular flexibility index (Phi) is 13.1. The molecule has 3 saturated carbocycles. The van der Waals surface area contributed by atoms with Crippen LogP contribution in [0, 0.1) is 46.3 Å².